The van der Waals surface area contributed by atoms with Crippen LogP contribution in [0.1, 0.15) is 26.3 Å². The Morgan fingerprint density at radius 2 is 1.85 bits per heavy atom. The number of amides is 1. The first-order valence-electron chi connectivity index (χ1n) is 10.0. The Balaban J connectivity index is 1.32. The van der Waals surface area contributed by atoms with Crippen LogP contribution in [0.25, 0.3) is 0 Å². The number of benzene rings is 2. The van der Waals surface area contributed by atoms with Crippen molar-refractivity contribution in [1.29, 1.82) is 0 Å². The van der Waals surface area contributed by atoms with Gasteiger partial charge in [0.2, 0.25) is 12.7 Å². The van der Waals surface area contributed by atoms with Gasteiger partial charge in [-0.1, -0.05) is 41.6 Å². The first-order chi connectivity index (χ1) is 16.0. The number of esters is 1. The van der Waals surface area contributed by atoms with E-state index in [2.05, 4.69) is 10.3 Å². The summed E-state index contributed by atoms with van der Waals surface area (Å²) in [5.74, 6) is -0.0472. The van der Waals surface area contributed by atoms with E-state index in [4.69, 9.17) is 14.2 Å². The number of aromatic nitrogens is 1. The number of hydrogen-bond donors (Lipinski definition) is 1. The van der Waals surface area contributed by atoms with Crippen molar-refractivity contribution in [3.63, 3.8) is 0 Å². The minimum Gasteiger partial charge on any atom is -0.454 e. The van der Waals surface area contributed by atoms with Crippen LogP contribution in [-0.4, -0.2) is 41.8 Å². The van der Waals surface area contributed by atoms with Gasteiger partial charge in [-0.3, -0.25) is 9.59 Å². The molecule has 0 bridgehead atoms. The SMILES string of the molecule is Cc1ccc(C(=O)COC(=O)c2cccnc2SCC(=O)Nc2ccc3c(c2)OCO3)cc1. The number of pyridine rings is 1. The number of carbonyl (C=O) groups excluding carboxylic acids is 3. The largest absolute Gasteiger partial charge is 0.454 e. The molecule has 0 atom stereocenters. The highest BCUT2D eigenvalue weighted by Crippen LogP contribution is 2.34. The van der Waals surface area contributed by atoms with Crippen molar-refractivity contribution in [3.05, 3.63) is 77.5 Å². The number of fused-ring (bicyclic) bond motifs is 1. The molecule has 3 aromatic rings. The van der Waals surface area contributed by atoms with Crippen molar-refractivity contribution in [2.45, 2.75) is 11.9 Å². The van der Waals surface area contributed by atoms with Crippen molar-refractivity contribution in [2.24, 2.45) is 0 Å². The molecule has 0 fully saturated rings. The fourth-order valence-corrected chi connectivity index (χ4v) is 3.78. The first-order valence-corrected chi connectivity index (χ1v) is 11.0. The van der Waals surface area contributed by atoms with Gasteiger partial charge >= 0.3 is 5.97 Å². The third-order valence-corrected chi connectivity index (χ3v) is 5.70. The standard InChI is InChI=1S/C24H20N2O6S/c1-15-4-6-16(7-5-15)19(27)12-30-24(29)18-3-2-10-25-23(18)33-13-22(28)26-17-8-9-20-21(11-17)32-14-31-20/h2-11H,12-14H2,1H3,(H,26,28). The van der Waals surface area contributed by atoms with Gasteiger partial charge in [0, 0.05) is 23.5 Å². The van der Waals surface area contributed by atoms with Crippen LogP contribution in [0.15, 0.2) is 65.8 Å². The summed E-state index contributed by atoms with van der Waals surface area (Å²) < 4.78 is 15.7. The number of ether oxygens (including phenoxy) is 3. The summed E-state index contributed by atoms with van der Waals surface area (Å²) in [4.78, 5) is 41.4. The maximum atomic E-state index is 12.5. The first kappa shape index (κ1) is 22.3. The number of ketones is 1. The van der Waals surface area contributed by atoms with Gasteiger partial charge in [0.05, 0.1) is 11.3 Å². The molecule has 4 rings (SSSR count). The summed E-state index contributed by atoms with van der Waals surface area (Å²) in [6.07, 6.45) is 1.52. The lowest BCUT2D eigenvalue weighted by Crippen LogP contribution is -2.16. The summed E-state index contributed by atoms with van der Waals surface area (Å²) in [5, 5.41) is 3.11. The molecule has 0 radical (unpaired) electrons. The van der Waals surface area contributed by atoms with Gasteiger partial charge in [-0.2, -0.15) is 0 Å². The molecule has 1 amide bonds. The maximum absolute atomic E-state index is 12.5. The van der Waals surface area contributed by atoms with Gasteiger partial charge in [0.15, 0.2) is 23.9 Å². The van der Waals surface area contributed by atoms with Gasteiger partial charge in [-0.25, -0.2) is 9.78 Å². The lowest BCUT2D eigenvalue weighted by molar-refractivity contribution is -0.113. The van der Waals surface area contributed by atoms with Crippen LogP contribution in [0.2, 0.25) is 0 Å². The maximum Gasteiger partial charge on any atom is 0.341 e. The molecule has 168 valence electrons. The fourth-order valence-electron chi connectivity index (χ4n) is 3.00. The number of nitrogens with zero attached hydrogens (tertiary/aromatic N) is 1. The third kappa shape index (κ3) is 5.69. The van der Waals surface area contributed by atoms with Crippen LogP contribution >= 0.6 is 11.8 Å². The predicted molar refractivity (Wildman–Crippen MR) is 122 cm³/mol. The highest BCUT2D eigenvalue weighted by molar-refractivity contribution is 8.00. The van der Waals surface area contributed by atoms with E-state index in [1.807, 2.05) is 19.1 Å². The van der Waals surface area contributed by atoms with Crippen molar-refractivity contribution >= 4 is 35.1 Å². The fraction of sp³-hybridized carbons (Fsp3) is 0.167. The molecule has 0 saturated heterocycles. The average molecular weight is 464 g/mol. The van der Waals surface area contributed by atoms with Crippen LogP contribution in [0, 0.1) is 6.92 Å². The van der Waals surface area contributed by atoms with E-state index in [1.54, 1.807) is 42.5 Å². The third-order valence-electron chi connectivity index (χ3n) is 4.70. The van der Waals surface area contributed by atoms with Crippen molar-refractivity contribution in [2.75, 3.05) is 24.5 Å². The number of aryl methyl sites for hydroxylation is 1. The van der Waals surface area contributed by atoms with Gasteiger partial charge in [0.1, 0.15) is 5.03 Å². The molecule has 0 spiro atoms. The Kier molecular flexibility index (Phi) is 6.89. The van der Waals surface area contributed by atoms with E-state index < -0.39 is 5.97 Å². The van der Waals surface area contributed by atoms with E-state index in [0.717, 1.165) is 17.3 Å². The molecular weight excluding hydrogens is 444 g/mol. The number of Topliss-reactive ketones (excluding diaryl/α,β-unsaturated/α-hetero) is 1. The summed E-state index contributed by atoms with van der Waals surface area (Å²) in [7, 11) is 0. The smallest absolute Gasteiger partial charge is 0.341 e. The summed E-state index contributed by atoms with van der Waals surface area (Å²) in [5.41, 5.74) is 2.26. The zero-order valence-electron chi connectivity index (χ0n) is 17.7. The molecule has 2 aromatic carbocycles. The minimum absolute atomic E-state index is 0.0219. The lowest BCUT2D eigenvalue weighted by atomic mass is 10.1. The molecule has 0 unspecified atom stereocenters. The average Bonchev–Trinajstić information content (AvgIpc) is 3.29. The molecule has 33 heavy (non-hydrogen) atoms. The van der Waals surface area contributed by atoms with Crippen LogP contribution in [0.5, 0.6) is 11.5 Å². The number of thioether (sulfide) groups is 1. The Bertz CT molecular complexity index is 1200. The van der Waals surface area contributed by atoms with Crippen LogP contribution in [0.4, 0.5) is 5.69 Å². The number of nitrogens with one attached hydrogen (secondary N) is 1. The molecule has 8 nitrogen and oxygen atoms in total. The highest BCUT2D eigenvalue weighted by atomic mass is 32.2. The molecule has 0 saturated carbocycles. The van der Waals surface area contributed by atoms with Gasteiger partial charge in [-0.15, -0.1) is 0 Å². The number of anilines is 1. The van der Waals surface area contributed by atoms with Gasteiger partial charge in [-0.05, 0) is 31.2 Å². The lowest BCUT2D eigenvalue weighted by Gasteiger charge is -2.09. The second kappa shape index (κ2) is 10.2. The van der Waals surface area contributed by atoms with E-state index in [0.29, 0.717) is 27.8 Å². The van der Waals surface area contributed by atoms with E-state index >= 15 is 0 Å². The number of carbonyl (C=O) groups is 3. The van der Waals surface area contributed by atoms with Gasteiger partial charge in [0.25, 0.3) is 0 Å². The molecule has 9 heteroatoms. The van der Waals surface area contributed by atoms with Crippen LogP contribution < -0.4 is 14.8 Å². The van der Waals surface area contributed by atoms with Crippen molar-refractivity contribution in [3.8, 4) is 11.5 Å². The summed E-state index contributed by atoms with van der Waals surface area (Å²) >= 11 is 1.10. The van der Waals surface area contributed by atoms with Crippen molar-refractivity contribution in [1.82, 2.24) is 4.98 Å². The zero-order valence-corrected chi connectivity index (χ0v) is 18.5. The number of rotatable bonds is 8. The molecular formula is C24H20N2O6S. The quantitative estimate of drug-likeness (QED) is 0.304. The Hall–Kier alpha value is -3.85. The molecule has 2 heterocycles. The number of hydrogen-bond acceptors (Lipinski definition) is 8. The molecule has 1 aliphatic heterocycles. The van der Waals surface area contributed by atoms with Crippen molar-refractivity contribution < 1.29 is 28.6 Å². The minimum atomic E-state index is -0.678. The Labute approximate surface area is 194 Å². The van der Waals surface area contributed by atoms with E-state index in [1.165, 1.54) is 6.20 Å². The predicted octanol–water partition coefficient (Wildman–Crippen LogP) is 3.89. The normalized spacial score (nSPS) is 11.7. The monoisotopic (exact) mass is 464 g/mol. The van der Waals surface area contributed by atoms with Crippen LogP contribution in [0.3, 0.4) is 0 Å². The van der Waals surface area contributed by atoms with Gasteiger partial charge < -0.3 is 19.5 Å². The van der Waals surface area contributed by atoms with E-state index in [9.17, 15) is 14.4 Å². The van der Waals surface area contributed by atoms with Crippen LogP contribution in [-0.2, 0) is 9.53 Å². The summed E-state index contributed by atoms with van der Waals surface area (Å²) in [6.45, 7) is 1.69. The second-order valence-electron chi connectivity index (χ2n) is 7.13. The zero-order chi connectivity index (χ0) is 23.2. The molecule has 1 aromatic heterocycles. The second-order valence-corrected chi connectivity index (χ2v) is 8.09. The topological polar surface area (TPSA) is 104 Å². The molecule has 0 aliphatic carbocycles. The molecule has 1 N–H and O–H groups in total. The summed E-state index contributed by atoms with van der Waals surface area (Å²) in [6, 6.07) is 15.3. The Morgan fingerprint density at radius 1 is 1.06 bits per heavy atom. The Morgan fingerprint density at radius 3 is 2.67 bits per heavy atom. The highest BCUT2D eigenvalue weighted by Gasteiger charge is 2.18. The molecule has 1 aliphatic rings. The van der Waals surface area contributed by atoms with E-state index in [-0.39, 0.29) is 36.4 Å².